The molecule has 2 aromatic rings. The number of piperazine rings is 1. The van der Waals surface area contributed by atoms with Gasteiger partial charge in [-0.25, -0.2) is 8.42 Å². The maximum atomic E-state index is 12.8. The number of carbonyl (C=O) groups excluding carboxylic acids is 1. The predicted octanol–water partition coefficient (Wildman–Crippen LogP) is 3.11. The van der Waals surface area contributed by atoms with Crippen molar-refractivity contribution in [3.05, 3.63) is 46.3 Å². The molecular weight excluding hydrogens is 448 g/mol. The van der Waals surface area contributed by atoms with E-state index >= 15 is 0 Å². The van der Waals surface area contributed by atoms with Gasteiger partial charge in [-0.1, -0.05) is 11.6 Å². The average molecular weight is 471 g/mol. The lowest BCUT2D eigenvalue weighted by Crippen LogP contribution is -2.50. The van der Waals surface area contributed by atoms with Crippen LogP contribution >= 0.6 is 22.9 Å². The molecular formula is C20H23ClN2O5S2. The molecule has 1 atom stereocenters. The largest absolute Gasteiger partial charge is 0.491 e. The van der Waals surface area contributed by atoms with Crippen LogP contribution < -0.4 is 4.74 Å². The number of benzene rings is 1. The maximum absolute atomic E-state index is 12.8. The van der Waals surface area contributed by atoms with Crippen LogP contribution in [0.15, 0.2) is 40.6 Å². The molecule has 7 nitrogen and oxygen atoms in total. The molecule has 2 aliphatic heterocycles. The molecule has 1 amide bonds. The second-order valence-corrected chi connectivity index (χ2v) is 11.1. The number of thiophene rings is 1. The summed E-state index contributed by atoms with van der Waals surface area (Å²) in [5.74, 6) is 0.587. The van der Waals surface area contributed by atoms with Gasteiger partial charge in [0, 0.05) is 38.3 Å². The van der Waals surface area contributed by atoms with Crippen molar-refractivity contribution in [1.29, 1.82) is 0 Å². The van der Waals surface area contributed by atoms with E-state index in [2.05, 4.69) is 0 Å². The molecule has 0 saturated carbocycles. The van der Waals surface area contributed by atoms with Crippen LogP contribution in [0.25, 0.3) is 0 Å². The summed E-state index contributed by atoms with van der Waals surface area (Å²) in [6, 6.07) is 10.1. The second kappa shape index (κ2) is 9.23. The smallest absolute Gasteiger partial charge is 0.253 e. The van der Waals surface area contributed by atoms with E-state index in [0.717, 1.165) is 30.8 Å². The molecule has 162 valence electrons. The van der Waals surface area contributed by atoms with Gasteiger partial charge in [-0.2, -0.15) is 4.31 Å². The summed E-state index contributed by atoms with van der Waals surface area (Å²) in [5, 5.41) is 0. The predicted molar refractivity (Wildman–Crippen MR) is 115 cm³/mol. The number of carbonyl (C=O) groups is 1. The summed E-state index contributed by atoms with van der Waals surface area (Å²) in [6.45, 7) is 2.50. The first-order valence-corrected chi connectivity index (χ1v) is 12.5. The Balaban J connectivity index is 1.31. The Morgan fingerprint density at radius 3 is 2.47 bits per heavy atom. The van der Waals surface area contributed by atoms with Gasteiger partial charge in [-0.05, 0) is 49.2 Å². The lowest BCUT2D eigenvalue weighted by molar-refractivity contribution is 0.0676. The first kappa shape index (κ1) is 21.6. The number of halogens is 1. The second-order valence-electron chi connectivity index (χ2n) is 7.23. The van der Waals surface area contributed by atoms with E-state index in [1.54, 1.807) is 35.2 Å². The summed E-state index contributed by atoms with van der Waals surface area (Å²) >= 11 is 6.91. The Kier molecular flexibility index (Phi) is 6.64. The normalized spacial score (nSPS) is 20.4. The molecule has 10 heteroatoms. The van der Waals surface area contributed by atoms with Gasteiger partial charge < -0.3 is 14.4 Å². The van der Waals surface area contributed by atoms with Crippen molar-refractivity contribution in [2.45, 2.75) is 23.2 Å². The van der Waals surface area contributed by atoms with Crippen LogP contribution in [0.1, 0.15) is 23.2 Å². The van der Waals surface area contributed by atoms with Crippen molar-refractivity contribution in [1.82, 2.24) is 9.21 Å². The van der Waals surface area contributed by atoms with Crippen molar-refractivity contribution >= 4 is 38.9 Å². The van der Waals surface area contributed by atoms with Crippen molar-refractivity contribution in [3.63, 3.8) is 0 Å². The van der Waals surface area contributed by atoms with Crippen molar-refractivity contribution in [2.75, 3.05) is 39.4 Å². The molecule has 1 aromatic heterocycles. The zero-order valence-corrected chi connectivity index (χ0v) is 18.7. The third kappa shape index (κ3) is 4.81. The highest BCUT2D eigenvalue weighted by molar-refractivity contribution is 7.91. The van der Waals surface area contributed by atoms with Gasteiger partial charge in [0.15, 0.2) is 0 Å². The number of ether oxygens (including phenoxy) is 2. The molecule has 1 unspecified atom stereocenters. The van der Waals surface area contributed by atoms with Gasteiger partial charge in [0.25, 0.3) is 15.9 Å². The van der Waals surface area contributed by atoms with Crippen LogP contribution in [0, 0.1) is 0 Å². The summed E-state index contributed by atoms with van der Waals surface area (Å²) < 4.78 is 38.7. The van der Waals surface area contributed by atoms with E-state index in [1.165, 1.54) is 10.4 Å². The highest BCUT2D eigenvalue weighted by atomic mass is 35.5. The van der Waals surface area contributed by atoms with Gasteiger partial charge in [-0.3, -0.25) is 4.79 Å². The Labute approximate surface area is 185 Å². The Hall–Kier alpha value is -1.65. The quantitative estimate of drug-likeness (QED) is 0.648. The number of sulfonamides is 1. The van der Waals surface area contributed by atoms with E-state index in [9.17, 15) is 13.2 Å². The van der Waals surface area contributed by atoms with Crippen LogP contribution in [0.3, 0.4) is 0 Å². The number of hydrogen-bond acceptors (Lipinski definition) is 6. The van der Waals surface area contributed by atoms with Gasteiger partial charge >= 0.3 is 0 Å². The average Bonchev–Trinajstić information content (AvgIpc) is 3.44. The molecule has 0 aliphatic carbocycles. The molecule has 2 aliphatic rings. The Morgan fingerprint density at radius 1 is 1.13 bits per heavy atom. The van der Waals surface area contributed by atoms with Crippen molar-refractivity contribution < 1.29 is 22.7 Å². The molecule has 30 heavy (non-hydrogen) atoms. The number of rotatable bonds is 6. The fourth-order valence-corrected chi connectivity index (χ4v) is 6.60. The maximum Gasteiger partial charge on any atom is 0.253 e. The minimum absolute atomic E-state index is 0.114. The molecule has 2 fully saturated rings. The third-order valence-corrected chi connectivity index (χ3v) is 8.83. The van der Waals surface area contributed by atoms with Gasteiger partial charge in [0.2, 0.25) is 0 Å². The minimum Gasteiger partial charge on any atom is -0.491 e. The van der Waals surface area contributed by atoms with Gasteiger partial charge in [0.1, 0.15) is 16.6 Å². The minimum atomic E-state index is -3.57. The molecule has 0 spiro atoms. The van der Waals surface area contributed by atoms with E-state index in [-0.39, 0.29) is 29.3 Å². The molecule has 3 heterocycles. The summed E-state index contributed by atoms with van der Waals surface area (Å²) in [5.41, 5.74) is 0.556. The molecule has 0 radical (unpaired) electrons. The number of hydrogen-bond donors (Lipinski definition) is 0. The highest BCUT2D eigenvalue weighted by Crippen LogP contribution is 2.28. The van der Waals surface area contributed by atoms with Crippen LogP contribution in [0.5, 0.6) is 5.75 Å². The van der Waals surface area contributed by atoms with Gasteiger partial charge in [0.05, 0.1) is 10.4 Å². The lowest BCUT2D eigenvalue weighted by Gasteiger charge is -2.33. The molecule has 4 rings (SSSR count). The first-order valence-electron chi connectivity index (χ1n) is 9.83. The van der Waals surface area contributed by atoms with E-state index < -0.39 is 10.0 Å². The van der Waals surface area contributed by atoms with Crippen molar-refractivity contribution in [2.24, 2.45) is 0 Å². The van der Waals surface area contributed by atoms with E-state index in [4.69, 9.17) is 21.1 Å². The van der Waals surface area contributed by atoms with E-state index in [0.29, 0.717) is 35.3 Å². The number of amides is 1. The Morgan fingerprint density at radius 2 is 1.87 bits per heavy atom. The molecule has 1 aromatic carbocycles. The fraction of sp³-hybridized carbons (Fsp3) is 0.450. The van der Waals surface area contributed by atoms with Crippen molar-refractivity contribution in [3.8, 4) is 5.75 Å². The first-order chi connectivity index (χ1) is 14.4. The van der Waals surface area contributed by atoms with Crippen LogP contribution in [-0.2, 0) is 14.8 Å². The fourth-order valence-electron chi connectivity index (χ4n) is 3.54. The van der Waals surface area contributed by atoms with Crippen LogP contribution in [-0.4, -0.2) is 69.0 Å². The number of nitrogens with zero attached hydrogens (tertiary/aromatic N) is 2. The monoisotopic (exact) mass is 470 g/mol. The SMILES string of the molecule is O=C(c1ccc(OCC2CCCO2)cc1)N1CCN(S(=O)(=O)c2ccc(Cl)s2)CC1. The summed E-state index contributed by atoms with van der Waals surface area (Å²) in [6.07, 6.45) is 2.22. The third-order valence-electron chi connectivity index (χ3n) is 5.23. The standard InChI is InChI=1S/C20H23ClN2O5S2/c21-18-7-8-19(29-18)30(25,26)23-11-9-22(10-12-23)20(24)15-3-5-16(6-4-15)28-14-17-2-1-13-27-17/h3-8,17H,1-2,9-14H2. The molecule has 2 saturated heterocycles. The van der Waals surface area contributed by atoms with Crippen LogP contribution in [0.2, 0.25) is 4.34 Å². The zero-order chi connectivity index (χ0) is 21.1. The van der Waals surface area contributed by atoms with Gasteiger partial charge in [-0.15, -0.1) is 11.3 Å². The lowest BCUT2D eigenvalue weighted by atomic mass is 10.2. The molecule has 0 N–H and O–H groups in total. The zero-order valence-electron chi connectivity index (χ0n) is 16.3. The summed E-state index contributed by atoms with van der Waals surface area (Å²) in [4.78, 5) is 14.5. The van der Waals surface area contributed by atoms with Crippen LogP contribution in [0.4, 0.5) is 0 Å². The highest BCUT2D eigenvalue weighted by Gasteiger charge is 2.31. The molecule has 0 bridgehead atoms. The summed E-state index contributed by atoms with van der Waals surface area (Å²) in [7, 11) is -3.57. The topological polar surface area (TPSA) is 76.2 Å². The van der Waals surface area contributed by atoms with E-state index in [1.807, 2.05) is 0 Å². The Bertz CT molecular complexity index is 979.